The number of hydrogen-bond donors (Lipinski definition) is 2. The lowest BCUT2D eigenvalue weighted by molar-refractivity contribution is 0.102. The van der Waals surface area contributed by atoms with Gasteiger partial charge in [0.25, 0.3) is 15.9 Å². The number of nitrogens with one attached hydrogen (secondary N) is 2. The molecule has 0 aliphatic heterocycles. The largest absolute Gasteiger partial charge is 0.296 e. The van der Waals surface area contributed by atoms with Crippen LogP contribution in [0.1, 0.15) is 34.3 Å². The maximum atomic E-state index is 12.5. The van der Waals surface area contributed by atoms with Gasteiger partial charge in [-0.2, -0.15) is 0 Å². The number of aryl methyl sites for hydroxylation is 1. The van der Waals surface area contributed by atoms with E-state index < -0.39 is 10.0 Å². The van der Waals surface area contributed by atoms with Gasteiger partial charge in [-0.25, -0.2) is 13.1 Å². The summed E-state index contributed by atoms with van der Waals surface area (Å²) in [5.41, 5.74) is 2.35. The number of hydrogen-bond acceptors (Lipinski definition) is 6. The first-order valence-electron chi connectivity index (χ1n) is 8.62. The fourth-order valence-corrected chi connectivity index (χ4v) is 4.62. The van der Waals surface area contributed by atoms with E-state index in [0.717, 1.165) is 22.5 Å². The van der Waals surface area contributed by atoms with Gasteiger partial charge in [-0.05, 0) is 30.0 Å². The van der Waals surface area contributed by atoms with Gasteiger partial charge in [0.15, 0.2) is 0 Å². The van der Waals surface area contributed by atoms with E-state index in [-0.39, 0.29) is 27.8 Å². The van der Waals surface area contributed by atoms with Crippen molar-refractivity contribution in [2.24, 2.45) is 0 Å². The van der Waals surface area contributed by atoms with Gasteiger partial charge >= 0.3 is 0 Å². The molecule has 0 spiro atoms. The third kappa shape index (κ3) is 4.80. The number of aromatic nitrogens is 2. The van der Waals surface area contributed by atoms with Gasteiger partial charge in [0.1, 0.15) is 0 Å². The van der Waals surface area contributed by atoms with Crippen LogP contribution in [0.5, 0.6) is 0 Å². The SMILES string of the molecule is Cc1ccccc1C(=O)Nc1nnc(S(=O)(=O)NC[C@@H](C)c2ccccc2)s1. The molecular formula is C19H20N4O3S2. The zero-order valence-corrected chi connectivity index (χ0v) is 17.0. The van der Waals surface area contributed by atoms with Crippen molar-refractivity contribution in [3.05, 3.63) is 71.3 Å². The van der Waals surface area contributed by atoms with Crippen LogP contribution >= 0.6 is 11.3 Å². The molecule has 28 heavy (non-hydrogen) atoms. The monoisotopic (exact) mass is 416 g/mol. The lowest BCUT2D eigenvalue weighted by Crippen LogP contribution is -2.27. The van der Waals surface area contributed by atoms with Crippen molar-refractivity contribution >= 4 is 32.4 Å². The molecule has 7 nitrogen and oxygen atoms in total. The molecule has 0 saturated carbocycles. The van der Waals surface area contributed by atoms with Crippen LogP contribution < -0.4 is 10.0 Å². The van der Waals surface area contributed by atoms with Crippen LogP contribution in [0, 0.1) is 6.92 Å². The minimum atomic E-state index is -3.81. The van der Waals surface area contributed by atoms with E-state index in [4.69, 9.17) is 0 Å². The Hall–Kier alpha value is -2.62. The summed E-state index contributed by atoms with van der Waals surface area (Å²) in [6.45, 7) is 3.99. The summed E-state index contributed by atoms with van der Waals surface area (Å²) in [7, 11) is -3.81. The van der Waals surface area contributed by atoms with E-state index in [1.54, 1.807) is 12.1 Å². The average Bonchev–Trinajstić information content (AvgIpc) is 3.16. The molecular weight excluding hydrogens is 396 g/mol. The molecule has 1 heterocycles. The van der Waals surface area contributed by atoms with Crippen LogP contribution in [0.3, 0.4) is 0 Å². The normalized spacial score (nSPS) is 12.5. The minimum Gasteiger partial charge on any atom is -0.296 e. The molecule has 0 radical (unpaired) electrons. The Morgan fingerprint density at radius 3 is 2.46 bits per heavy atom. The standard InChI is InChI=1S/C19H20N4O3S2/c1-13-8-6-7-11-16(13)17(24)21-18-22-23-19(27-18)28(25,26)20-12-14(2)15-9-4-3-5-10-15/h3-11,14,20H,12H2,1-2H3,(H,21,22,24)/t14-/m1/s1. The third-order valence-electron chi connectivity index (χ3n) is 4.19. The van der Waals surface area contributed by atoms with Gasteiger partial charge in [-0.3, -0.25) is 10.1 Å². The van der Waals surface area contributed by atoms with Gasteiger partial charge in [-0.15, -0.1) is 10.2 Å². The Labute approximate surface area is 167 Å². The van der Waals surface area contributed by atoms with Crippen LogP contribution in [0.25, 0.3) is 0 Å². The molecule has 1 aromatic heterocycles. The zero-order chi connectivity index (χ0) is 20.1. The van der Waals surface area contributed by atoms with Crippen molar-refractivity contribution in [2.75, 3.05) is 11.9 Å². The number of carbonyl (C=O) groups excluding carboxylic acids is 1. The van der Waals surface area contributed by atoms with Crippen LogP contribution in [-0.4, -0.2) is 31.1 Å². The molecule has 2 N–H and O–H groups in total. The Balaban J connectivity index is 1.65. The molecule has 0 aliphatic carbocycles. The van der Waals surface area contributed by atoms with Crippen molar-refractivity contribution in [1.82, 2.24) is 14.9 Å². The molecule has 0 aliphatic rings. The summed E-state index contributed by atoms with van der Waals surface area (Å²) in [6.07, 6.45) is 0. The number of nitrogens with zero attached hydrogens (tertiary/aromatic N) is 2. The van der Waals surface area contributed by atoms with Crippen LogP contribution in [-0.2, 0) is 10.0 Å². The molecule has 1 atom stereocenters. The second-order valence-electron chi connectivity index (χ2n) is 6.31. The Kier molecular flexibility index (Phi) is 6.18. The molecule has 3 rings (SSSR count). The molecule has 2 aromatic carbocycles. The van der Waals surface area contributed by atoms with Crippen molar-refractivity contribution in [2.45, 2.75) is 24.1 Å². The van der Waals surface area contributed by atoms with Gasteiger partial charge in [-0.1, -0.05) is 66.8 Å². The molecule has 0 saturated heterocycles. The first-order valence-corrected chi connectivity index (χ1v) is 10.9. The second-order valence-corrected chi connectivity index (χ2v) is 9.22. The number of anilines is 1. The predicted molar refractivity (Wildman–Crippen MR) is 109 cm³/mol. The smallest absolute Gasteiger partial charge is 0.269 e. The summed E-state index contributed by atoms with van der Waals surface area (Å²) >= 11 is 0.812. The van der Waals surface area contributed by atoms with E-state index in [9.17, 15) is 13.2 Å². The molecule has 0 bridgehead atoms. The highest BCUT2D eigenvalue weighted by molar-refractivity contribution is 7.91. The minimum absolute atomic E-state index is 0.00382. The highest BCUT2D eigenvalue weighted by atomic mass is 32.2. The van der Waals surface area contributed by atoms with E-state index >= 15 is 0 Å². The summed E-state index contributed by atoms with van der Waals surface area (Å²) in [6, 6.07) is 16.7. The van der Waals surface area contributed by atoms with E-state index in [0.29, 0.717) is 5.56 Å². The van der Waals surface area contributed by atoms with Gasteiger partial charge < -0.3 is 0 Å². The maximum Gasteiger partial charge on any atom is 0.269 e. The zero-order valence-electron chi connectivity index (χ0n) is 15.4. The summed E-state index contributed by atoms with van der Waals surface area (Å²) in [5, 5.41) is 10.2. The summed E-state index contributed by atoms with van der Waals surface area (Å²) in [4.78, 5) is 12.3. The maximum absolute atomic E-state index is 12.5. The molecule has 146 valence electrons. The van der Waals surface area contributed by atoms with E-state index in [1.165, 1.54) is 0 Å². The van der Waals surface area contributed by atoms with E-state index in [2.05, 4.69) is 20.2 Å². The topological polar surface area (TPSA) is 101 Å². The van der Waals surface area contributed by atoms with Crippen molar-refractivity contribution in [3.63, 3.8) is 0 Å². The Morgan fingerprint density at radius 1 is 1.07 bits per heavy atom. The average molecular weight is 417 g/mol. The molecule has 3 aromatic rings. The van der Waals surface area contributed by atoms with Crippen LogP contribution in [0.15, 0.2) is 58.9 Å². The van der Waals surface area contributed by atoms with Gasteiger partial charge in [0.2, 0.25) is 9.47 Å². The molecule has 0 fully saturated rings. The van der Waals surface area contributed by atoms with Crippen molar-refractivity contribution in [1.29, 1.82) is 0 Å². The van der Waals surface area contributed by atoms with Crippen molar-refractivity contribution in [3.8, 4) is 0 Å². The first-order chi connectivity index (χ1) is 13.4. The molecule has 9 heteroatoms. The fraction of sp³-hybridized carbons (Fsp3) is 0.211. The highest BCUT2D eigenvalue weighted by Crippen LogP contribution is 2.22. The predicted octanol–water partition coefficient (Wildman–Crippen LogP) is 3.18. The number of benzene rings is 2. The lowest BCUT2D eigenvalue weighted by Gasteiger charge is -2.12. The number of rotatable bonds is 7. The fourth-order valence-electron chi connectivity index (χ4n) is 2.56. The van der Waals surface area contributed by atoms with Crippen LogP contribution in [0.2, 0.25) is 0 Å². The van der Waals surface area contributed by atoms with Gasteiger partial charge in [0.05, 0.1) is 0 Å². The number of amides is 1. The number of carbonyl (C=O) groups is 1. The highest BCUT2D eigenvalue weighted by Gasteiger charge is 2.22. The van der Waals surface area contributed by atoms with Crippen LogP contribution in [0.4, 0.5) is 5.13 Å². The molecule has 0 unspecified atom stereocenters. The Bertz CT molecular complexity index is 1070. The third-order valence-corrected chi connectivity index (χ3v) is 6.82. The quantitative estimate of drug-likeness (QED) is 0.576. The summed E-state index contributed by atoms with van der Waals surface area (Å²) in [5.74, 6) is -0.354. The molecule has 1 amide bonds. The summed E-state index contributed by atoms with van der Waals surface area (Å²) < 4.78 is 27.3. The lowest BCUT2D eigenvalue weighted by atomic mass is 10.0. The second kappa shape index (κ2) is 8.59. The van der Waals surface area contributed by atoms with Gasteiger partial charge in [0, 0.05) is 12.1 Å². The van der Waals surface area contributed by atoms with E-state index in [1.807, 2.05) is 56.3 Å². The number of sulfonamides is 1. The van der Waals surface area contributed by atoms with Crippen molar-refractivity contribution < 1.29 is 13.2 Å². The first kappa shape index (κ1) is 20.1. The Morgan fingerprint density at radius 2 is 1.75 bits per heavy atom.